The molecular weight excluding hydrogens is 593 g/mol. The molecule has 0 heterocycles. The zero-order valence-electron chi connectivity index (χ0n) is 22.5. The van der Waals surface area contributed by atoms with Gasteiger partial charge in [-0.3, -0.25) is 13.9 Å². The summed E-state index contributed by atoms with van der Waals surface area (Å²) in [6.07, 6.45) is 0.299. The summed E-state index contributed by atoms with van der Waals surface area (Å²) in [5.41, 5.74) is 0.821. The number of amides is 2. The Balaban J connectivity index is 2.05. The number of hydrogen-bond acceptors (Lipinski definition) is 4. The van der Waals surface area contributed by atoms with Gasteiger partial charge >= 0.3 is 0 Å². The predicted octanol–water partition coefficient (Wildman–Crippen LogP) is 6.42. The van der Waals surface area contributed by atoms with Crippen molar-refractivity contribution < 1.29 is 18.0 Å². The van der Waals surface area contributed by atoms with Crippen LogP contribution in [0, 0.1) is 5.92 Å². The molecule has 1 N–H and O–H groups in total. The molecule has 2 amide bonds. The third kappa shape index (κ3) is 8.13. The maximum absolute atomic E-state index is 14.0. The normalized spacial score (nSPS) is 12.2. The second-order valence-corrected chi connectivity index (χ2v) is 12.8. The van der Waals surface area contributed by atoms with E-state index in [1.54, 1.807) is 55.5 Å². The fourth-order valence-electron chi connectivity index (χ4n) is 4.03. The zero-order valence-corrected chi connectivity index (χ0v) is 25.6. The largest absolute Gasteiger partial charge is 0.354 e. The molecule has 3 aromatic rings. The molecule has 0 radical (unpaired) electrons. The molecule has 0 bridgehead atoms. The van der Waals surface area contributed by atoms with Crippen molar-refractivity contribution in [1.82, 2.24) is 10.2 Å². The highest BCUT2D eigenvalue weighted by atomic mass is 35.5. The molecule has 7 nitrogen and oxygen atoms in total. The molecule has 0 saturated carbocycles. The summed E-state index contributed by atoms with van der Waals surface area (Å²) >= 11 is 18.6. The first kappa shape index (κ1) is 31.7. The van der Waals surface area contributed by atoms with Gasteiger partial charge in [-0.2, -0.15) is 0 Å². The van der Waals surface area contributed by atoms with Crippen LogP contribution in [0.1, 0.15) is 32.8 Å². The highest BCUT2D eigenvalue weighted by molar-refractivity contribution is 7.92. The molecule has 214 valence electrons. The Labute approximate surface area is 251 Å². The van der Waals surface area contributed by atoms with Gasteiger partial charge in [0.1, 0.15) is 12.6 Å². The summed E-state index contributed by atoms with van der Waals surface area (Å²) in [7, 11) is -4.16. The maximum atomic E-state index is 14.0. The van der Waals surface area contributed by atoms with Crippen molar-refractivity contribution in [2.45, 2.75) is 44.7 Å². The first-order chi connectivity index (χ1) is 18.9. The summed E-state index contributed by atoms with van der Waals surface area (Å²) in [6.45, 7) is 5.58. The van der Waals surface area contributed by atoms with Gasteiger partial charge in [0, 0.05) is 28.2 Å². The lowest BCUT2D eigenvalue weighted by molar-refractivity contribution is -0.140. The average Bonchev–Trinajstić information content (AvgIpc) is 2.92. The molecule has 3 rings (SSSR count). The molecule has 0 saturated heterocycles. The molecule has 0 aliphatic rings. The van der Waals surface area contributed by atoms with E-state index in [2.05, 4.69) is 5.32 Å². The standard InChI is InChI=1S/C29H32Cl3N3O4S/c1-4-27(29(37)33-17-20(2)3)34(18-21-10-11-23(31)16-26(21)32)28(36)19-35(24-14-12-22(30)13-15-24)40(38,39)25-8-6-5-7-9-25/h5-16,20,27H,4,17-19H2,1-3H3,(H,33,37). The SMILES string of the molecule is CCC(C(=O)NCC(C)C)N(Cc1ccc(Cl)cc1Cl)C(=O)CN(c1ccc(Cl)cc1)S(=O)(=O)c1ccccc1. The topological polar surface area (TPSA) is 86.8 Å². The molecule has 0 fully saturated rings. The van der Waals surface area contributed by atoms with E-state index in [0.29, 0.717) is 33.6 Å². The Hall–Kier alpha value is -2.78. The third-order valence-electron chi connectivity index (χ3n) is 6.15. The number of benzene rings is 3. The number of hydrogen-bond donors (Lipinski definition) is 1. The quantitative estimate of drug-likeness (QED) is 0.252. The monoisotopic (exact) mass is 623 g/mol. The van der Waals surface area contributed by atoms with E-state index in [-0.39, 0.29) is 29.0 Å². The lowest BCUT2D eigenvalue weighted by Gasteiger charge is -2.33. The minimum atomic E-state index is -4.16. The van der Waals surface area contributed by atoms with E-state index in [4.69, 9.17) is 34.8 Å². The second-order valence-electron chi connectivity index (χ2n) is 9.62. The van der Waals surface area contributed by atoms with Crippen molar-refractivity contribution in [3.05, 3.63) is 93.4 Å². The smallest absolute Gasteiger partial charge is 0.264 e. The third-order valence-corrected chi connectivity index (χ3v) is 8.78. The average molecular weight is 625 g/mol. The molecule has 0 spiro atoms. The summed E-state index contributed by atoms with van der Waals surface area (Å²) in [4.78, 5) is 28.7. The molecular formula is C29H32Cl3N3O4S. The molecule has 11 heteroatoms. The minimum absolute atomic E-state index is 0.0202. The number of carbonyl (C=O) groups excluding carboxylic acids is 2. The first-order valence-electron chi connectivity index (χ1n) is 12.8. The molecule has 3 aromatic carbocycles. The summed E-state index contributed by atoms with van der Waals surface area (Å²) in [5, 5.41) is 4.06. The Morgan fingerprint density at radius 3 is 2.10 bits per heavy atom. The Morgan fingerprint density at radius 2 is 1.52 bits per heavy atom. The van der Waals surface area contributed by atoms with Crippen LogP contribution >= 0.6 is 34.8 Å². The van der Waals surface area contributed by atoms with E-state index in [9.17, 15) is 18.0 Å². The van der Waals surface area contributed by atoms with Gasteiger partial charge in [0.05, 0.1) is 10.6 Å². The van der Waals surface area contributed by atoms with Crippen molar-refractivity contribution in [3.8, 4) is 0 Å². The number of sulfonamides is 1. The van der Waals surface area contributed by atoms with Crippen LogP contribution in [0.5, 0.6) is 0 Å². The van der Waals surface area contributed by atoms with E-state index < -0.39 is 28.5 Å². The van der Waals surface area contributed by atoms with Gasteiger partial charge in [0.25, 0.3) is 10.0 Å². The van der Waals surface area contributed by atoms with Crippen molar-refractivity contribution >= 4 is 62.3 Å². The van der Waals surface area contributed by atoms with E-state index in [1.807, 2.05) is 13.8 Å². The van der Waals surface area contributed by atoms with Gasteiger partial charge in [-0.05, 0) is 66.4 Å². The van der Waals surface area contributed by atoms with E-state index >= 15 is 0 Å². The van der Waals surface area contributed by atoms with Crippen LogP contribution < -0.4 is 9.62 Å². The van der Waals surface area contributed by atoms with Gasteiger partial charge in [0.15, 0.2) is 0 Å². The highest BCUT2D eigenvalue weighted by Crippen LogP contribution is 2.27. The van der Waals surface area contributed by atoms with Crippen LogP contribution in [0.2, 0.25) is 15.1 Å². The first-order valence-corrected chi connectivity index (χ1v) is 15.4. The van der Waals surface area contributed by atoms with Crippen LogP contribution in [-0.4, -0.2) is 44.3 Å². The number of rotatable bonds is 12. The van der Waals surface area contributed by atoms with Crippen molar-refractivity contribution in [2.24, 2.45) is 5.92 Å². The van der Waals surface area contributed by atoms with Gasteiger partial charge < -0.3 is 10.2 Å². The summed E-state index contributed by atoms with van der Waals surface area (Å²) < 4.78 is 28.6. The van der Waals surface area contributed by atoms with Crippen LogP contribution in [0.15, 0.2) is 77.7 Å². The fraction of sp³-hybridized carbons (Fsp3) is 0.310. The van der Waals surface area contributed by atoms with Gasteiger partial charge in [-0.25, -0.2) is 8.42 Å². The Kier molecular flexibility index (Phi) is 11.3. The molecule has 0 aliphatic heterocycles. The van der Waals surface area contributed by atoms with Gasteiger partial charge in [-0.15, -0.1) is 0 Å². The second kappa shape index (κ2) is 14.2. The molecule has 40 heavy (non-hydrogen) atoms. The summed E-state index contributed by atoms with van der Waals surface area (Å²) in [6, 6.07) is 18.0. The lowest BCUT2D eigenvalue weighted by Crippen LogP contribution is -2.52. The zero-order chi connectivity index (χ0) is 29.4. The fourth-order valence-corrected chi connectivity index (χ4v) is 6.06. The number of nitrogens with one attached hydrogen (secondary N) is 1. The Morgan fingerprint density at radius 1 is 0.900 bits per heavy atom. The van der Waals surface area contributed by atoms with Crippen molar-refractivity contribution in [2.75, 3.05) is 17.4 Å². The summed E-state index contributed by atoms with van der Waals surface area (Å²) in [5.74, 6) is -0.710. The number of carbonyl (C=O) groups is 2. The molecule has 1 unspecified atom stereocenters. The maximum Gasteiger partial charge on any atom is 0.264 e. The minimum Gasteiger partial charge on any atom is -0.354 e. The van der Waals surface area contributed by atoms with Crippen LogP contribution in [0.25, 0.3) is 0 Å². The van der Waals surface area contributed by atoms with Crippen LogP contribution in [0.3, 0.4) is 0 Å². The van der Waals surface area contributed by atoms with E-state index in [0.717, 1.165) is 4.31 Å². The van der Waals surface area contributed by atoms with E-state index in [1.165, 1.54) is 29.2 Å². The van der Waals surface area contributed by atoms with Crippen molar-refractivity contribution in [1.29, 1.82) is 0 Å². The van der Waals surface area contributed by atoms with Crippen LogP contribution in [0.4, 0.5) is 5.69 Å². The van der Waals surface area contributed by atoms with Gasteiger partial charge in [0.2, 0.25) is 11.8 Å². The molecule has 1 atom stereocenters. The highest BCUT2D eigenvalue weighted by Gasteiger charge is 2.34. The number of anilines is 1. The van der Waals surface area contributed by atoms with Crippen LogP contribution in [-0.2, 0) is 26.2 Å². The number of nitrogens with zero attached hydrogens (tertiary/aromatic N) is 2. The lowest BCUT2D eigenvalue weighted by atomic mass is 10.1. The predicted molar refractivity (Wildman–Crippen MR) is 161 cm³/mol. The Bertz CT molecular complexity index is 1420. The molecule has 0 aromatic heterocycles. The van der Waals surface area contributed by atoms with Crippen molar-refractivity contribution in [3.63, 3.8) is 0 Å². The molecule has 0 aliphatic carbocycles. The van der Waals surface area contributed by atoms with Gasteiger partial charge in [-0.1, -0.05) is 79.8 Å². The number of halogens is 3.